The first-order valence-electron chi connectivity index (χ1n) is 0. The Morgan fingerprint density at radius 1 is 0.364 bits per heavy atom. The number of hydrogen-bond acceptors (Lipinski definition) is 0. The van der Waals surface area contributed by atoms with Crippen LogP contribution in [0.4, 0.5) is 0 Å². The predicted molar refractivity (Wildman–Crippen MR) is 5.75 cm³/mol. The molecular formula is AlF8LiW. The molecule has 0 rings (SSSR count). The van der Waals surface area contributed by atoms with Crippen molar-refractivity contribution >= 4 is 17.4 Å². The van der Waals surface area contributed by atoms with E-state index < -0.39 is 0 Å². The fourth-order valence-corrected chi connectivity index (χ4v) is 0. The van der Waals surface area contributed by atoms with E-state index in [-0.39, 0.29) is 94.9 Å². The Morgan fingerprint density at radius 2 is 0.364 bits per heavy atom. The van der Waals surface area contributed by atoms with Gasteiger partial charge in [-0.25, -0.2) is 0 Å². The zero-order chi connectivity index (χ0) is 0. The molecule has 11 heavy (non-hydrogen) atoms. The van der Waals surface area contributed by atoms with Crippen LogP contribution in [0, 0.1) is 0 Å². The molecule has 0 aromatic carbocycles. The maximum Gasteiger partial charge on any atom is 4.00 e. The Balaban J connectivity index is 0. The van der Waals surface area contributed by atoms with Crippen molar-refractivity contribution in [1.29, 1.82) is 0 Å². The second-order valence-electron chi connectivity index (χ2n) is 0. The van der Waals surface area contributed by atoms with E-state index in [0.29, 0.717) is 0 Å². The van der Waals surface area contributed by atoms with Crippen LogP contribution in [0.2, 0.25) is 0 Å². The third-order valence-corrected chi connectivity index (χ3v) is 0. The average molecular weight is 370 g/mol. The van der Waals surface area contributed by atoms with Crippen molar-refractivity contribution in [2.45, 2.75) is 0 Å². The Hall–Kier alpha value is 1.26. The van der Waals surface area contributed by atoms with Crippen molar-refractivity contribution in [2.24, 2.45) is 0 Å². The molecule has 0 spiro atoms. The van der Waals surface area contributed by atoms with Gasteiger partial charge in [0.1, 0.15) is 0 Å². The summed E-state index contributed by atoms with van der Waals surface area (Å²) in [4.78, 5) is 0. The molecule has 0 aromatic heterocycles. The summed E-state index contributed by atoms with van der Waals surface area (Å²) in [5, 5.41) is 0. The van der Waals surface area contributed by atoms with Crippen molar-refractivity contribution in [3.8, 4) is 0 Å². The summed E-state index contributed by atoms with van der Waals surface area (Å²) >= 11 is 0. The van der Waals surface area contributed by atoms with Gasteiger partial charge in [0, 0.05) is 0 Å². The molecule has 0 unspecified atom stereocenters. The molecule has 0 aliphatic carbocycles. The Kier molecular flexibility index (Phi) is 66800. The van der Waals surface area contributed by atoms with E-state index in [1.54, 1.807) is 0 Å². The quantitative estimate of drug-likeness (QED) is 0.294. The maximum atomic E-state index is 0. The Labute approximate surface area is 94.8 Å². The molecular weight excluding hydrogens is 370 g/mol. The van der Waals surface area contributed by atoms with E-state index in [9.17, 15) is 0 Å². The predicted octanol–water partition coefficient (Wildman–Crippen LogP) is -27.3. The third-order valence-electron chi connectivity index (χ3n) is 0. The molecule has 66 valence electrons. The van der Waals surface area contributed by atoms with Crippen molar-refractivity contribution in [3.63, 3.8) is 0 Å². The molecule has 0 amide bonds. The molecule has 11 heteroatoms. The minimum atomic E-state index is 0. The van der Waals surface area contributed by atoms with Crippen molar-refractivity contribution in [3.05, 3.63) is 0 Å². The second kappa shape index (κ2) is 748. The Morgan fingerprint density at radius 3 is 0.364 bits per heavy atom. The zero-order valence-corrected chi connectivity index (χ0v) is 9.10. The smallest absolute Gasteiger partial charge is 1.00 e. The molecule has 0 aliphatic heterocycles. The summed E-state index contributed by atoms with van der Waals surface area (Å²) in [5.41, 5.74) is 0. The normalized spacial score (nSPS) is 0. The number of halogens is 8. The van der Waals surface area contributed by atoms with Crippen LogP contribution < -0.4 is 56.5 Å². The van der Waals surface area contributed by atoms with Crippen LogP contribution in [-0.4, -0.2) is 17.4 Å². The SMILES string of the molecule is [Al+3].[F-].[F-].[F-].[F-].[F-].[F-].[F-].[F-].[Li+].[W+4]. The summed E-state index contributed by atoms with van der Waals surface area (Å²) in [6.45, 7) is 0. The maximum absolute atomic E-state index is 0. The van der Waals surface area contributed by atoms with Gasteiger partial charge in [0.15, 0.2) is 0 Å². The van der Waals surface area contributed by atoms with Gasteiger partial charge < -0.3 is 37.6 Å². The van der Waals surface area contributed by atoms with E-state index in [4.69, 9.17) is 0 Å². The first kappa shape index (κ1) is 981. The molecule has 0 radical (unpaired) electrons. The molecule has 0 heterocycles. The topological polar surface area (TPSA) is 0 Å². The van der Waals surface area contributed by atoms with Gasteiger partial charge in [-0.15, -0.1) is 0 Å². The summed E-state index contributed by atoms with van der Waals surface area (Å²) in [7, 11) is 0. The number of hydrogen-bond donors (Lipinski definition) is 0. The molecule has 0 nitrogen and oxygen atoms in total. The third kappa shape index (κ3) is 610. The minimum Gasteiger partial charge on any atom is -1.00 e. The van der Waals surface area contributed by atoms with Crippen LogP contribution in [0.1, 0.15) is 0 Å². The molecule has 0 aromatic rings. The van der Waals surface area contributed by atoms with Crippen LogP contribution in [-0.2, 0) is 21.1 Å². The standard InChI is InChI=1S/Al.8FH.Li.W/h;8*1H;;/q+3;;;;;;;;;+1;+4/p-8. The van der Waals surface area contributed by atoms with Crippen LogP contribution in [0.3, 0.4) is 0 Å². The largest absolute Gasteiger partial charge is 4.00 e. The molecule has 0 bridgehead atoms. The van der Waals surface area contributed by atoms with Gasteiger partial charge >= 0.3 is 57.3 Å². The van der Waals surface area contributed by atoms with E-state index >= 15 is 0 Å². The van der Waals surface area contributed by atoms with Gasteiger partial charge in [-0.1, -0.05) is 0 Å². The summed E-state index contributed by atoms with van der Waals surface area (Å²) < 4.78 is 0. The summed E-state index contributed by atoms with van der Waals surface area (Å²) in [5.74, 6) is 0. The van der Waals surface area contributed by atoms with Crippen molar-refractivity contribution in [2.75, 3.05) is 0 Å². The van der Waals surface area contributed by atoms with Gasteiger partial charge in [-0.2, -0.15) is 0 Å². The Bertz CT molecular complexity index is 14.1. The van der Waals surface area contributed by atoms with Crippen LogP contribution in [0.15, 0.2) is 0 Å². The van der Waals surface area contributed by atoms with E-state index in [1.165, 1.54) is 0 Å². The fourth-order valence-electron chi connectivity index (χ4n) is 0. The van der Waals surface area contributed by atoms with Crippen LogP contribution >= 0.6 is 0 Å². The van der Waals surface area contributed by atoms with Crippen molar-refractivity contribution in [1.82, 2.24) is 0 Å². The molecule has 0 aliphatic rings. The second-order valence-corrected chi connectivity index (χ2v) is 0. The molecule has 0 atom stereocenters. The van der Waals surface area contributed by atoms with Gasteiger partial charge in [0.2, 0.25) is 0 Å². The average Bonchev–Trinajstić information content (AvgIpc) is 0. The van der Waals surface area contributed by atoms with Gasteiger partial charge in [-0.05, 0) is 0 Å². The summed E-state index contributed by atoms with van der Waals surface area (Å²) in [6, 6.07) is 0. The molecule has 0 saturated carbocycles. The van der Waals surface area contributed by atoms with Crippen LogP contribution in [0.25, 0.3) is 0 Å². The molecule has 0 fully saturated rings. The van der Waals surface area contributed by atoms with Gasteiger partial charge in [-0.3, -0.25) is 0 Å². The zero-order valence-electron chi connectivity index (χ0n) is 5.01. The van der Waals surface area contributed by atoms with Crippen LogP contribution in [0.5, 0.6) is 0 Å². The monoisotopic (exact) mass is 370 g/mol. The van der Waals surface area contributed by atoms with Gasteiger partial charge in [0.25, 0.3) is 0 Å². The van der Waals surface area contributed by atoms with E-state index in [0.717, 1.165) is 0 Å². The first-order valence-corrected chi connectivity index (χ1v) is 0. The fraction of sp³-hybridized carbons (Fsp3) is 0. The van der Waals surface area contributed by atoms with Crippen molar-refractivity contribution < 1.29 is 77.6 Å². The molecule has 0 saturated heterocycles. The molecule has 0 N–H and O–H groups in total. The summed E-state index contributed by atoms with van der Waals surface area (Å²) in [6.07, 6.45) is 0. The first-order chi connectivity index (χ1) is 0. The van der Waals surface area contributed by atoms with Gasteiger partial charge in [0.05, 0.1) is 0 Å². The van der Waals surface area contributed by atoms with E-state index in [2.05, 4.69) is 0 Å². The van der Waals surface area contributed by atoms with E-state index in [1.807, 2.05) is 0 Å². The number of rotatable bonds is 0. The minimum absolute atomic E-state index is 0.